The van der Waals surface area contributed by atoms with E-state index in [9.17, 15) is 9.59 Å². The third-order valence-corrected chi connectivity index (χ3v) is 5.15. The molecule has 0 bridgehead atoms. The molecular formula is C19H23NO2. The molecule has 0 heterocycles. The number of aryl methyl sites for hydroxylation is 2. The van der Waals surface area contributed by atoms with Crippen molar-refractivity contribution in [1.29, 1.82) is 0 Å². The average molecular weight is 297 g/mol. The maximum absolute atomic E-state index is 12.0. The second kappa shape index (κ2) is 5.71. The zero-order valence-electron chi connectivity index (χ0n) is 13.5. The molecule has 0 spiro atoms. The third-order valence-electron chi connectivity index (χ3n) is 5.15. The fourth-order valence-corrected chi connectivity index (χ4v) is 3.42. The summed E-state index contributed by atoms with van der Waals surface area (Å²) in [7, 11) is 0. The van der Waals surface area contributed by atoms with E-state index >= 15 is 0 Å². The number of nitrogens with one attached hydrogen (secondary N) is 1. The molecular weight excluding hydrogens is 274 g/mol. The van der Waals surface area contributed by atoms with E-state index in [4.69, 9.17) is 0 Å². The van der Waals surface area contributed by atoms with Crippen LogP contribution in [0.3, 0.4) is 0 Å². The van der Waals surface area contributed by atoms with Crippen molar-refractivity contribution in [3.8, 4) is 11.1 Å². The van der Waals surface area contributed by atoms with E-state index in [-0.39, 0.29) is 10.9 Å². The molecule has 2 atom stereocenters. The molecule has 3 rings (SSSR count). The zero-order chi connectivity index (χ0) is 15.9. The van der Waals surface area contributed by atoms with Crippen LogP contribution < -0.4 is 16.2 Å². The van der Waals surface area contributed by atoms with E-state index in [0.717, 1.165) is 17.5 Å². The minimum Gasteiger partial charge on any atom is -0.378 e. The van der Waals surface area contributed by atoms with Crippen LogP contribution in [-0.4, -0.2) is 6.04 Å². The molecule has 2 aromatic carbocycles. The lowest BCUT2D eigenvalue weighted by molar-refractivity contribution is 0.349. The molecule has 2 aromatic rings. The number of anilines is 1. The Morgan fingerprint density at radius 2 is 1.73 bits per heavy atom. The number of hydrogen-bond acceptors (Lipinski definition) is 3. The quantitative estimate of drug-likeness (QED) is 0.881. The van der Waals surface area contributed by atoms with Gasteiger partial charge in [-0.05, 0) is 49.3 Å². The maximum Gasteiger partial charge on any atom is 0.250 e. The van der Waals surface area contributed by atoms with Crippen LogP contribution in [-0.2, 0) is 0 Å². The van der Waals surface area contributed by atoms with Crippen molar-refractivity contribution in [2.75, 3.05) is 5.32 Å². The molecule has 1 aliphatic carbocycles. The highest BCUT2D eigenvalue weighted by Gasteiger charge is 2.28. The largest absolute Gasteiger partial charge is 0.378 e. The normalized spacial score (nSPS) is 22.0. The first-order chi connectivity index (χ1) is 10.5. The van der Waals surface area contributed by atoms with E-state index < -0.39 is 0 Å². The highest BCUT2D eigenvalue weighted by Crippen LogP contribution is 2.30. The number of rotatable bonds is 3. The molecule has 1 aliphatic rings. The predicted molar refractivity (Wildman–Crippen MR) is 91.3 cm³/mol. The van der Waals surface area contributed by atoms with Crippen molar-refractivity contribution in [3.05, 3.63) is 49.8 Å². The molecule has 1 N–H and O–H groups in total. The summed E-state index contributed by atoms with van der Waals surface area (Å²) in [6, 6.07) is 6.26. The van der Waals surface area contributed by atoms with E-state index in [1.54, 1.807) is 0 Å². The molecule has 1 saturated carbocycles. The number of hydrogen-bond donors (Lipinski definition) is 1. The van der Waals surface area contributed by atoms with Crippen LogP contribution in [0.2, 0.25) is 0 Å². The predicted octanol–water partition coefficient (Wildman–Crippen LogP) is 3.56. The van der Waals surface area contributed by atoms with E-state index in [0.29, 0.717) is 23.2 Å². The Balaban J connectivity index is 1.93. The molecule has 116 valence electrons. The van der Waals surface area contributed by atoms with Gasteiger partial charge in [0.15, 0.2) is 0 Å². The Morgan fingerprint density at radius 3 is 2.41 bits per heavy atom. The standard InChI is InChI=1S/C19H23NO2/c1-11-8-9-14(10-13(11)3)16-17(19(22)18(16)21)20-15-7-5-4-6-12(15)2/h8-10,12,15,20H,4-7H2,1-3H3/t12-,15+/m1/s1. The van der Waals surface area contributed by atoms with Gasteiger partial charge in [-0.25, -0.2) is 0 Å². The highest BCUT2D eigenvalue weighted by molar-refractivity contribution is 5.82. The molecule has 1 fully saturated rings. The minimum atomic E-state index is -0.356. The van der Waals surface area contributed by atoms with Gasteiger partial charge in [0, 0.05) is 6.04 Å². The molecule has 0 aromatic heterocycles. The van der Waals surface area contributed by atoms with Gasteiger partial charge in [0.2, 0.25) is 10.9 Å². The topological polar surface area (TPSA) is 46.2 Å². The second-order valence-electron chi connectivity index (χ2n) is 6.72. The summed E-state index contributed by atoms with van der Waals surface area (Å²) >= 11 is 0. The van der Waals surface area contributed by atoms with Gasteiger partial charge in [-0.2, -0.15) is 0 Å². The Morgan fingerprint density at radius 1 is 1.00 bits per heavy atom. The Labute approximate surface area is 131 Å². The van der Waals surface area contributed by atoms with E-state index in [1.807, 2.05) is 32.0 Å². The van der Waals surface area contributed by atoms with Gasteiger partial charge in [-0.3, -0.25) is 9.59 Å². The van der Waals surface area contributed by atoms with Gasteiger partial charge < -0.3 is 5.32 Å². The van der Waals surface area contributed by atoms with Gasteiger partial charge in [-0.1, -0.05) is 38.0 Å². The summed E-state index contributed by atoms with van der Waals surface area (Å²) in [5, 5.41) is 3.38. The Hall–Kier alpha value is -1.90. The molecule has 22 heavy (non-hydrogen) atoms. The summed E-state index contributed by atoms with van der Waals surface area (Å²) in [6.45, 7) is 6.29. The lowest BCUT2D eigenvalue weighted by Gasteiger charge is -2.31. The summed E-state index contributed by atoms with van der Waals surface area (Å²) in [5.74, 6) is 0.547. The van der Waals surface area contributed by atoms with Gasteiger partial charge >= 0.3 is 0 Å². The molecule has 3 heteroatoms. The van der Waals surface area contributed by atoms with Crippen molar-refractivity contribution in [3.63, 3.8) is 0 Å². The van der Waals surface area contributed by atoms with Crippen LogP contribution in [0, 0.1) is 19.8 Å². The summed E-state index contributed by atoms with van der Waals surface area (Å²) < 4.78 is 0. The smallest absolute Gasteiger partial charge is 0.250 e. The average Bonchev–Trinajstić information content (AvgIpc) is 2.51. The SMILES string of the molecule is Cc1ccc(-c2c(N[C@H]3CCCC[C@H]3C)c(=O)c2=O)cc1C. The van der Waals surface area contributed by atoms with Crippen LogP contribution in [0.1, 0.15) is 43.7 Å². The second-order valence-corrected chi connectivity index (χ2v) is 6.72. The first kappa shape index (κ1) is 15.0. The fourth-order valence-electron chi connectivity index (χ4n) is 3.42. The Bertz CT molecular complexity index is 768. The van der Waals surface area contributed by atoms with Crippen LogP contribution in [0.5, 0.6) is 0 Å². The van der Waals surface area contributed by atoms with E-state index in [2.05, 4.69) is 12.2 Å². The van der Waals surface area contributed by atoms with Crippen LogP contribution in [0.15, 0.2) is 27.8 Å². The van der Waals surface area contributed by atoms with Gasteiger partial charge in [-0.15, -0.1) is 0 Å². The van der Waals surface area contributed by atoms with Crippen molar-refractivity contribution in [2.45, 2.75) is 52.5 Å². The zero-order valence-corrected chi connectivity index (χ0v) is 13.5. The van der Waals surface area contributed by atoms with Crippen LogP contribution >= 0.6 is 0 Å². The minimum absolute atomic E-state index is 0.308. The van der Waals surface area contributed by atoms with Gasteiger partial charge in [0.1, 0.15) is 0 Å². The van der Waals surface area contributed by atoms with Crippen molar-refractivity contribution in [2.24, 2.45) is 5.92 Å². The molecule has 0 saturated heterocycles. The summed E-state index contributed by atoms with van der Waals surface area (Å²) in [4.78, 5) is 24.1. The first-order valence-electron chi connectivity index (χ1n) is 8.16. The molecule has 0 amide bonds. The van der Waals surface area contributed by atoms with Gasteiger partial charge in [0.05, 0.1) is 11.3 Å². The highest BCUT2D eigenvalue weighted by atomic mass is 16.2. The fraction of sp³-hybridized carbons (Fsp3) is 0.474. The van der Waals surface area contributed by atoms with Crippen molar-refractivity contribution in [1.82, 2.24) is 0 Å². The lowest BCUT2D eigenvalue weighted by Crippen LogP contribution is -2.41. The molecule has 0 aliphatic heterocycles. The molecule has 0 radical (unpaired) electrons. The Kier molecular flexibility index (Phi) is 3.90. The molecule has 3 nitrogen and oxygen atoms in total. The van der Waals surface area contributed by atoms with E-state index in [1.165, 1.54) is 24.8 Å². The van der Waals surface area contributed by atoms with Crippen LogP contribution in [0.4, 0.5) is 5.69 Å². The maximum atomic E-state index is 12.0. The number of benzene rings is 1. The van der Waals surface area contributed by atoms with Crippen molar-refractivity contribution < 1.29 is 0 Å². The third kappa shape index (κ3) is 2.49. The van der Waals surface area contributed by atoms with Crippen LogP contribution in [0.25, 0.3) is 11.1 Å². The lowest BCUT2D eigenvalue weighted by atomic mass is 9.85. The van der Waals surface area contributed by atoms with Crippen molar-refractivity contribution >= 4 is 5.69 Å². The first-order valence-corrected chi connectivity index (χ1v) is 8.16. The summed E-state index contributed by atoms with van der Waals surface area (Å²) in [6.07, 6.45) is 4.71. The summed E-state index contributed by atoms with van der Waals surface area (Å²) in [5.41, 5.74) is 3.59. The molecule has 0 unspecified atom stereocenters. The monoisotopic (exact) mass is 297 g/mol. The van der Waals surface area contributed by atoms with Gasteiger partial charge in [0.25, 0.3) is 0 Å².